The van der Waals surface area contributed by atoms with Crippen molar-refractivity contribution in [1.82, 2.24) is 0 Å². The third kappa shape index (κ3) is 3.46. The summed E-state index contributed by atoms with van der Waals surface area (Å²) in [7, 11) is 0. The highest BCUT2D eigenvalue weighted by molar-refractivity contribution is 9.10. The zero-order valence-electron chi connectivity index (χ0n) is 9.45. The molecule has 0 aromatic heterocycles. The predicted octanol–water partition coefficient (Wildman–Crippen LogP) is 3.82. The molecule has 2 heteroatoms. The molecule has 0 aliphatic heterocycles. The second-order valence-corrected chi connectivity index (χ2v) is 5.45. The first-order chi connectivity index (χ1) is 7.74. The minimum atomic E-state index is 0.271. The first-order valence-electron chi connectivity index (χ1n) is 5.93. The highest BCUT2D eigenvalue weighted by Gasteiger charge is 2.08. The minimum absolute atomic E-state index is 0.271. The average Bonchev–Trinajstić information content (AvgIpc) is 2.46. The van der Waals surface area contributed by atoms with Gasteiger partial charge in [0.2, 0.25) is 0 Å². The Morgan fingerprint density at radius 1 is 1.19 bits per heavy atom. The average molecular weight is 280 g/mol. The van der Waals surface area contributed by atoms with Crippen LogP contribution in [0.15, 0.2) is 40.4 Å². The quantitative estimate of drug-likeness (QED) is 0.819. The van der Waals surface area contributed by atoms with E-state index in [0.29, 0.717) is 0 Å². The summed E-state index contributed by atoms with van der Waals surface area (Å²) in [6.45, 7) is 0. The van der Waals surface area contributed by atoms with Crippen LogP contribution in [0.4, 0.5) is 0 Å². The number of halogens is 1. The maximum absolute atomic E-state index is 6.02. The fourth-order valence-corrected chi connectivity index (χ4v) is 2.48. The Hall–Kier alpha value is -0.600. The molecule has 0 spiro atoms. The molecule has 1 aliphatic rings. The van der Waals surface area contributed by atoms with E-state index >= 15 is 0 Å². The van der Waals surface area contributed by atoms with E-state index in [0.717, 1.165) is 17.3 Å². The van der Waals surface area contributed by atoms with Crippen molar-refractivity contribution >= 4 is 15.9 Å². The van der Waals surface area contributed by atoms with Crippen LogP contribution in [0.25, 0.3) is 0 Å². The highest BCUT2D eigenvalue weighted by Crippen LogP contribution is 2.21. The molecular weight excluding hydrogens is 262 g/mol. The molecule has 0 bridgehead atoms. The molecule has 2 N–H and O–H groups in total. The summed E-state index contributed by atoms with van der Waals surface area (Å²) >= 11 is 3.46. The number of hydrogen-bond donors (Lipinski definition) is 1. The van der Waals surface area contributed by atoms with E-state index in [1.54, 1.807) is 0 Å². The SMILES string of the molecule is NC1C=C(Cc2ccc(Br)cc2)CCCC1. The lowest BCUT2D eigenvalue weighted by atomic mass is 10.0. The van der Waals surface area contributed by atoms with Crippen LogP contribution in [0, 0.1) is 0 Å². The zero-order valence-corrected chi connectivity index (χ0v) is 11.0. The molecule has 0 amide bonds. The molecule has 1 aromatic rings. The van der Waals surface area contributed by atoms with Crippen LogP contribution in [0.3, 0.4) is 0 Å². The van der Waals surface area contributed by atoms with Gasteiger partial charge in [0, 0.05) is 10.5 Å². The summed E-state index contributed by atoms with van der Waals surface area (Å²) in [5, 5.41) is 0. The molecule has 2 rings (SSSR count). The molecule has 0 saturated carbocycles. The molecule has 1 nitrogen and oxygen atoms in total. The van der Waals surface area contributed by atoms with Crippen molar-refractivity contribution in [2.24, 2.45) is 5.73 Å². The molecular formula is C14H18BrN. The molecule has 1 atom stereocenters. The van der Waals surface area contributed by atoms with E-state index < -0.39 is 0 Å². The lowest BCUT2D eigenvalue weighted by Gasteiger charge is -2.07. The van der Waals surface area contributed by atoms with Gasteiger partial charge >= 0.3 is 0 Å². The van der Waals surface area contributed by atoms with Crippen LogP contribution in [0.5, 0.6) is 0 Å². The van der Waals surface area contributed by atoms with Crippen molar-refractivity contribution in [1.29, 1.82) is 0 Å². The summed E-state index contributed by atoms with van der Waals surface area (Å²) in [6, 6.07) is 8.84. The van der Waals surface area contributed by atoms with Gasteiger partial charge < -0.3 is 5.73 Å². The number of allylic oxidation sites excluding steroid dienone is 1. The van der Waals surface area contributed by atoms with E-state index in [2.05, 4.69) is 46.3 Å². The first-order valence-corrected chi connectivity index (χ1v) is 6.73. The Kier molecular flexibility index (Phi) is 4.19. The molecule has 1 aliphatic carbocycles. The third-order valence-electron chi connectivity index (χ3n) is 3.08. The number of benzene rings is 1. The van der Waals surface area contributed by atoms with Crippen molar-refractivity contribution in [2.75, 3.05) is 0 Å². The summed E-state index contributed by atoms with van der Waals surface area (Å²) < 4.78 is 1.14. The van der Waals surface area contributed by atoms with Gasteiger partial charge in [0.1, 0.15) is 0 Å². The van der Waals surface area contributed by atoms with E-state index in [1.807, 2.05) is 0 Å². The summed E-state index contributed by atoms with van der Waals surface area (Å²) in [5.74, 6) is 0. The van der Waals surface area contributed by atoms with E-state index in [9.17, 15) is 0 Å². The lowest BCUT2D eigenvalue weighted by molar-refractivity contribution is 0.654. The van der Waals surface area contributed by atoms with E-state index in [1.165, 1.54) is 30.4 Å². The highest BCUT2D eigenvalue weighted by atomic mass is 79.9. The maximum Gasteiger partial charge on any atom is 0.0226 e. The molecule has 1 aromatic carbocycles. The fraction of sp³-hybridized carbons (Fsp3) is 0.429. The third-order valence-corrected chi connectivity index (χ3v) is 3.61. The van der Waals surface area contributed by atoms with E-state index in [-0.39, 0.29) is 6.04 Å². The first kappa shape index (κ1) is 11.9. The Bertz CT molecular complexity index is 367. The van der Waals surface area contributed by atoms with Gasteiger partial charge in [0.15, 0.2) is 0 Å². The van der Waals surface area contributed by atoms with Crippen molar-refractivity contribution in [3.8, 4) is 0 Å². The van der Waals surface area contributed by atoms with Gasteiger partial charge in [-0.25, -0.2) is 0 Å². The van der Waals surface area contributed by atoms with Gasteiger partial charge in [0.05, 0.1) is 0 Å². The Labute approximate surface area is 106 Å². The van der Waals surface area contributed by atoms with Crippen LogP contribution in [0.1, 0.15) is 31.2 Å². The molecule has 0 heterocycles. The maximum atomic E-state index is 6.02. The minimum Gasteiger partial charge on any atom is -0.324 e. The van der Waals surface area contributed by atoms with Gasteiger partial charge in [-0.1, -0.05) is 46.1 Å². The molecule has 86 valence electrons. The summed E-state index contributed by atoms with van der Waals surface area (Å²) in [4.78, 5) is 0. The molecule has 0 fully saturated rings. The topological polar surface area (TPSA) is 26.0 Å². The number of rotatable bonds is 2. The zero-order chi connectivity index (χ0) is 11.4. The molecule has 0 saturated heterocycles. The fourth-order valence-electron chi connectivity index (χ4n) is 2.21. The number of hydrogen-bond acceptors (Lipinski definition) is 1. The summed E-state index contributed by atoms with van der Waals surface area (Å²) in [5.41, 5.74) is 8.90. The Morgan fingerprint density at radius 2 is 1.94 bits per heavy atom. The second-order valence-electron chi connectivity index (χ2n) is 4.54. The summed E-state index contributed by atoms with van der Waals surface area (Å²) in [6.07, 6.45) is 8.24. The van der Waals surface area contributed by atoms with Crippen LogP contribution < -0.4 is 5.73 Å². The van der Waals surface area contributed by atoms with Crippen LogP contribution in [-0.4, -0.2) is 6.04 Å². The van der Waals surface area contributed by atoms with Crippen LogP contribution in [0.2, 0.25) is 0 Å². The smallest absolute Gasteiger partial charge is 0.0226 e. The van der Waals surface area contributed by atoms with Gasteiger partial charge in [-0.2, -0.15) is 0 Å². The van der Waals surface area contributed by atoms with Gasteiger partial charge in [-0.15, -0.1) is 0 Å². The van der Waals surface area contributed by atoms with Gasteiger partial charge in [-0.05, 0) is 43.4 Å². The van der Waals surface area contributed by atoms with E-state index in [4.69, 9.17) is 5.73 Å². The second kappa shape index (κ2) is 5.65. The number of nitrogens with two attached hydrogens (primary N) is 1. The Balaban J connectivity index is 2.05. The van der Waals surface area contributed by atoms with Crippen molar-refractivity contribution in [2.45, 2.75) is 38.1 Å². The molecule has 1 unspecified atom stereocenters. The van der Waals surface area contributed by atoms with Crippen LogP contribution >= 0.6 is 15.9 Å². The Morgan fingerprint density at radius 3 is 2.69 bits per heavy atom. The monoisotopic (exact) mass is 279 g/mol. The van der Waals surface area contributed by atoms with Crippen molar-refractivity contribution < 1.29 is 0 Å². The predicted molar refractivity (Wildman–Crippen MR) is 72.4 cm³/mol. The van der Waals surface area contributed by atoms with Crippen LogP contribution in [-0.2, 0) is 6.42 Å². The van der Waals surface area contributed by atoms with Gasteiger partial charge in [0.25, 0.3) is 0 Å². The van der Waals surface area contributed by atoms with Crippen molar-refractivity contribution in [3.63, 3.8) is 0 Å². The van der Waals surface area contributed by atoms with Crippen molar-refractivity contribution in [3.05, 3.63) is 46.0 Å². The standard InChI is InChI=1S/C14H18BrN/c15-13-7-5-11(6-8-13)9-12-3-1-2-4-14(16)10-12/h5-8,10,14H,1-4,9,16H2. The van der Waals surface area contributed by atoms with Gasteiger partial charge in [-0.3, -0.25) is 0 Å². The lowest BCUT2D eigenvalue weighted by Crippen LogP contribution is -2.16. The largest absolute Gasteiger partial charge is 0.324 e. The normalized spacial score (nSPS) is 21.4. The molecule has 16 heavy (non-hydrogen) atoms. The molecule has 0 radical (unpaired) electrons.